The summed E-state index contributed by atoms with van der Waals surface area (Å²) in [4.78, 5) is 34.5. The van der Waals surface area contributed by atoms with Crippen LogP contribution in [0.3, 0.4) is 0 Å². The second-order valence-electron chi connectivity index (χ2n) is 5.82. The molecule has 9 nitrogen and oxygen atoms in total. The van der Waals surface area contributed by atoms with Crippen molar-refractivity contribution in [3.05, 3.63) is 59.0 Å². The first-order valence-electron chi connectivity index (χ1n) is 8.45. The number of carbonyl (C=O) groups excluding carboxylic acids is 1. The van der Waals surface area contributed by atoms with E-state index >= 15 is 0 Å². The van der Waals surface area contributed by atoms with Crippen LogP contribution >= 0.6 is 0 Å². The Labute approximate surface area is 164 Å². The number of carboxylic acid groups (broad SMARTS) is 1. The molecule has 2 aromatic carbocycles. The third kappa shape index (κ3) is 5.04. The van der Waals surface area contributed by atoms with Gasteiger partial charge in [0.25, 0.3) is 5.91 Å². The monoisotopic (exact) mass is 399 g/mol. The number of hydrogen-bond donors (Lipinski definition) is 2. The lowest BCUT2D eigenvalue weighted by Crippen LogP contribution is -2.33. The zero-order valence-corrected chi connectivity index (χ0v) is 15.3. The second-order valence-corrected chi connectivity index (χ2v) is 5.82. The molecule has 29 heavy (non-hydrogen) atoms. The standard InChI is InChI=1S/C20H17NO8/c1-26-12-2-4-13(5-3-12)29-17-10-28-16-8-14(6-7-15(16)20(17)25)27-11-18(22)21-9-19(23)24/h2-8,10H,9,11H2,1H3,(H,21,22)(H,23,24). The molecule has 0 saturated carbocycles. The Balaban J connectivity index is 1.72. The van der Waals surface area contributed by atoms with Crippen LogP contribution in [-0.4, -0.2) is 37.2 Å². The van der Waals surface area contributed by atoms with E-state index in [1.54, 1.807) is 31.4 Å². The minimum absolute atomic E-state index is 0.0179. The first-order valence-corrected chi connectivity index (χ1v) is 8.45. The molecule has 0 radical (unpaired) electrons. The number of carboxylic acids is 1. The van der Waals surface area contributed by atoms with E-state index in [-0.39, 0.29) is 34.5 Å². The Kier molecular flexibility index (Phi) is 5.98. The van der Waals surface area contributed by atoms with Crippen molar-refractivity contribution in [3.8, 4) is 23.0 Å². The van der Waals surface area contributed by atoms with Gasteiger partial charge in [0.05, 0.1) is 12.5 Å². The molecular formula is C20H17NO8. The summed E-state index contributed by atoms with van der Waals surface area (Å²) in [6.07, 6.45) is 1.19. The number of benzene rings is 2. The predicted molar refractivity (Wildman–Crippen MR) is 102 cm³/mol. The molecule has 0 aliphatic carbocycles. The largest absolute Gasteiger partial charge is 0.497 e. The fourth-order valence-corrected chi connectivity index (χ4v) is 2.40. The highest BCUT2D eigenvalue weighted by molar-refractivity contribution is 5.82. The average Bonchev–Trinajstić information content (AvgIpc) is 2.73. The molecule has 150 valence electrons. The van der Waals surface area contributed by atoms with E-state index in [1.165, 1.54) is 24.5 Å². The van der Waals surface area contributed by atoms with Crippen molar-refractivity contribution in [2.45, 2.75) is 0 Å². The van der Waals surface area contributed by atoms with Crippen molar-refractivity contribution in [1.29, 1.82) is 0 Å². The van der Waals surface area contributed by atoms with Gasteiger partial charge in [-0.05, 0) is 36.4 Å². The maximum atomic E-state index is 12.6. The SMILES string of the molecule is COc1ccc(Oc2coc3cc(OCC(=O)NCC(=O)O)ccc3c2=O)cc1. The molecule has 0 unspecified atom stereocenters. The summed E-state index contributed by atoms with van der Waals surface area (Å²) in [7, 11) is 1.55. The van der Waals surface area contributed by atoms with Gasteiger partial charge in [0.2, 0.25) is 11.2 Å². The molecule has 0 aliphatic heterocycles. The van der Waals surface area contributed by atoms with Crippen molar-refractivity contribution in [2.75, 3.05) is 20.3 Å². The third-order valence-corrected chi connectivity index (χ3v) is 3.81. The lowest BCUT2D eigenvalue weighted by molar-refractivity contribution is -0.138. The van der Waals surface area contributed by atoms with Gasteiger partial charge in [0, 0.05) is 6.07 Å². The number of ether oxygens (including phenoxy) is 3. The fourth-order valence-electron chi connectivity index (χ4n) is 2.40. The Morgan fingerprint density at radius 2 is 1.76 bits per heavy atom. The van der Waals surface area contributed by atoms with Crippen molar-refractivity contribution in [1.82, 2.24) is 5.32 Å². The highest BCUT2D eigenvalue weighted by Gasteiger charge is 2.11. The molecule has 0 saturated heterocycles. The molecule has 1 aromatic heterocycles. The Morgan fingerprint density at radius 3 is 2.45 bits per heavy atom. The molecular weight excluding hydrogens is 382 g/mol. The number of methoxy groups -OCH3 is 1. The van der Waals surface area contributed by atoms with Gasteiger partial charge in [-0.2, -0.15) is 0 Å². The summed E-state index contributed by atoms with van der Waals surface area (Å²) >= 11 is 0. The van der Waals surface area contributed by atoms with E-state index in [4.69, 9.17) is 23.7 Å². The van der Waals surface area contributed by atoms with Crippen LogP contribution in [0.5, 0.6) is 23.0 Å². The van der Waals surface area contributed by atoms with Crippen LogP contribution in [0.4, 0.5) is 0 Å². The molecule has 9 heteroatoms. The van der Waals surface area contributed by atoms with E-state index < -0.39 is 18.4 Å². The number of nitrogens with one attached hydrogen (secondary N) is 1. The van der Waals surface area contributed by atoms with Crippen molar-refractivity contribution >= 4 is 22.8 Å². The summed E-state index contributed by atoms with van der Waals surface area (Å²) in [6.45, 7) is -0.868. The molecule has 1 amide bonds. The van der Waals surface area contributed by atoms with Crippen LogP contribution in [-0.2, 0) is 9.59 Å². The second kappa shape index (κ2) is 8.79. The minimum Gasteiger partial charge on any atom is -0.497 e. The van der Waals surface area contributed by atoms with E-state index in [0.29, 0.717) is 11.5 Å². The lowest BCUT2D eigenvalue weighted by atomic mass is 10.2. The molecule has 3 aromatic rings. The number of rotatable bonds is 8. The Hall–Kier alpha value is -4.01. The molecule has 3 rings (SSSR count). The van der Waals surface area contributed by atoms with Crippen molar-refractivity contribution in [2.24, 2.45) is 0 Å². The van der Waals surface area contributed by atoms with Crippen LogP contribution in [0.1, 0.15) is 0 Å². The maximum Gasteiger partial charge on any atom is 0.322 e. The normalized spacial score (nSPS) is 10.4. The number of fused-ring (bicyclic) bond motifs is 1. The highest BCUT2D eigenvalue weighted by Crippen LogP contribution is 2.25. The first kappa shape index (κ1) is 19.7. The summed E-state index contributed by atoms with van der Waals surface area (Å²) in [5.41, 5.74) is -0.117. The van der Waals surface area contributed by atoms with Gasteiger partial charge in [-0.3, -0.25) is 14.4 Å². The maximum absolute atomic E-state index is 12.6. The number of carbonyl (C=O) groups is 2. The predicted octanol–water partition coefficient (Wildman–Crippen LogP) is 2.17. The quantitative estimate of drug-likeness (QED) is 0.591. The van der Waals surface area contributed by atoms with Crippen LogP contribution in [0.2, 0.25) is 0 Å². The zero-order chi connectivity index (χ0) is 20.8. The van der Waals surface area contributed by atoms with Crippen LogP contribution < -0.4 is 25.0 Å². The van der Waals surface area contributed by atoms with Crippen LogP contribution in [0, 0.1) is 0 Å². The Bertz CT molecular complexity index is 1090. The smallest absolute Gasteiger partial charge is 0.322 e. The molecule has 0 atom stereocenters. The van der Waals surface area contributed by atoms with E-state index in [1.807, 2.05) is 0 Å². The number of amides is 1. The lowest BCUT2D eigenvalue weighted by Gasteiger charge is -2.08. The van der Waals surface area contributed by atoms with Crippen LogP contribution in [0.15, 0.2) is 57.9 Å². The molecule has 0 aliphatic rings. The first-order chi connectivity index (χ1) is 14.0. The molecule has 0 bridgehead atoms. The highest BCUT2D eigenvalue weighted by atomic mass is 16.5. The average molecular weight is 399 g/mol. The fraction of sp³-hybridized carbons (Fsp3) is 0.150. The van der Waals surface area contributed by atoms with Gasteiger partial charge in [0.15, 0.2) is 6.61 Å². The number of aliphatic carboxylic acids is 1. The third-order valence-electron chi connectivity index (χ3n) is 3.81. The van der Waals surface area contributed by atoms with Gasteiger partial charge >= 0.3 is 5.97 Å². The summed E-state index contributed by atoms with van der Waals surface area (Å²) < 4.78 is 21.4. The molecule has 2 N–H and O–H groups in total. The van der Waals surface area contributed by atoms with E-state index in [2.05, 4.69) is 5.32 Å². The minimum atomic E-state index is -1.15. The van der Waals surface area contributed by atoms with Gasteiger partial charge in [0.1, 0.15) is 35.6 Å². The number of hydrogen-bond acceptors (Lipinski definition) is 7. The van der Waals surface area contributed by atoms with Crippen molar-refractivity contribution in [3.63, 3.8) is 0 Å². The summed E-state index contributed by atoms with van der Waals surface area (Å²) in [6, 6.07) is 11.2. The van der Waals surface area contributed by atoms with E-state index in [0.717, 1.165) is 0 Å². The van der Waals surface area contributed by atoms with Crippen molar-refractivity contribution < 1.29 is 33.3 Å². The van der Waals surface area contributed by atoms with Gasteiger partial charge < -0.3 is 29.1 Å². The van der Waals surface area contributed by atoms with Gasteiger partial charge in [-0.25, -0.2) is 0 Å². The topological polar surface area (TPSA) is 124 Å². The zero-order valence-electron chi connectivity index (χ0n) is 15.3. The van der Waals surface area contributed by atoms with Crippen LogP contribution in [0.25, 0.3) is 11.0 Å². The molecule has 1 heterocycles. The summed E-state index contributed by atoms with van der Waals surface area (Å²) in [5, 5.41) is 11.0. The Morgan fingerprint density at radius 1 is 1.07 bits per heavy atom. The summed E-state index contributed by atoms with van der Waals surface area (Å²) in [5.74, 6) is -0.327. The molecule has 0 fully saturated rings. The van der Waals surface area contributed by atoms with E-state index in [9.17, 15) is 14.4 Å². The van der Waals surface area contributed by atoms with Gasteiger partial charge in [-0.15, -0.1) is 0 Å². The van der Waals surface area contributed by atoms with Gasteiger partial charge in [-0.1, -0.05) is 0 Å². The molecule has 0 spiro atoms.